The Hall–Kier alpha value is -2.34. The predicted molar refractivity (Wildman–Crippen MR) is 97.5 cm³/mol. The molecule has 0 fully saturated rings. The van der Waals surface area contributed by atoms with Gasteiger partial charge in [0.25, 0.3) is 0 Å². The second kappa shape index (κ2) is 7.05. The lowest BCUT2D eigenvalue weighted by atomic mass is 10.1. The maximum atomic E-state index is 11.9. The van der Waals surface area contributed by atoms with Gasteiger partial charge >= 0.3 is 5.69 Å². The van der Waals surface area contributed by atoms with E-state index in [4.69, 9.17) is 0 Å². The first-order valence-electron chi connectivity index (χ1n) is 7.99. The van der Waals surface area contributed by atoms with Crippen molar-refractivity contribution in [3.05, 3.63) is 56.6 Å². The number of rotatable bonds is 6. The maximum Gasteiger partial charge on any atom is 0.328 e. The van der Waals surface area contributed by atoms with Crippen LogP contribution in [-0.2, 0) is 31.7 Å². The molecule has 0 aliphatic carbocycles. The average molecular weight is 343 g/mol. The van der Waals surface area contributed by atoms with Gasteiger partial charge in [-0.05, 0) is 42.0 Å². The van der Waals surface area contributed by atoms with Gasteiger partial charge in [0, 0.05) is 31.9 Å². The van der Waals surface area contributed by atoms with E-state index in [1.807, 2.05) is 29.6 Å². The van der Waals surface area contributed by atoms with Crippen molar-refractivity contribution < 1.29 is 4.79 Å². The molecule has 0 spiro atoms. The van der Waals surface area contributed by atoms with E-state index in [0.717, 1.165) is 29.4 Å². The molecule has 1 amide bonds. The van der Waals surface area contributed by atoms with Crippen LogP contribution in [0, 0.1) is 0 Å². The summed E-state index contributed by atoms with van der Waals surface area (Å²) in [5.41, 5.74) is 2.93. The smallest absolute Gasteiger partial charge is 0.328 e. The summed E-state index contributed by atoms with van der Waals surface area (Å²) >= 11 is 1.68. The molecule has 3 aromatic rings. The number of aryl methyl sites for hydroxylation is 3. The zero-order chi connectivity index (χ0) is 17.1. The van der Waals surface area contributed by atoms with E-state index in [1.165, 1.54) is 4.88 Å². The van der Waals surface area contributed by atoms with Gasteiger partial charge in [-0.15, -0.1) is 11.3 Å². The number of hydrogen-bond acceptors (Lipinski definition) is 3. The predicted octanol–water partition coefficient (Wildman–Crippen LogP) is 2.23. The van der Waals surface area contributed by atoms with Gasteiger partial charge in [0.15, 0.2) is 0 Å². The number of aromatic nitrogens is 2. The van der Waals surface area contributed by atoms with Crippen molar-refractivity contribution in [2.75, 3.05) is 6.54 Å². The summed E-state index contributed by atoms with van der Waals surface area (Å²) in [7, 11) is 3.55. The third kappa shape index (κ3) is 3.43. The molecule has 1 aromatic carbocycles. The molecule has 5 nitrogen and oxygen atoms in total. The number of nitrogens with zero attached hydrogens (tertiary/aromatic N) is 2. The van der Waals surface area contributed by atoms with Gasteiger partial charge in [-0.1, -0.05) is 12.1 Å². The van der Waals surface area contributed by atoms with Gasteiger partial charge in [0.1, 0.15) is 0 Å². The number of carbonyl (C=O) groups excluding carboxylic acids is 1. The minimum absolute atomic E-state index is 0.0240. The fourth-order valence-electron chi connectivity index (χ4n) is 2.83. The molecule has 2 heterocycles. The van der Waals surface area contributed by atoms with Crippen molar-refractivity contribution in [3.63, 3.8) is 0 Å². The van der Waals surface area contributed by atoms with Crippen LogP contribution in [0.25, 0.3) is 11.0 Å². The molecule has 126 valence electrons. The lowest BCUT2D eigenvalue weighted by molar-refractivity contribution is -0.121. The summed E-state index contributed by atoms with van der Waals surface area (Å²) in [4.78, 5) is 25.1. The molecule has 6 heteroatoms. The summed E-state index contributed by atoms with van der Waals surface area (Å²) in [6, 6.07) is 10.1. The van der Waals surface area contributed by atoms with E-state index in [9.17, 15) is 9.59 Å². The number of benzene rings is 1. The summed E-state index contributed by atoms with van der Waals surface area (Å²) < 4.78 is 3.30. The van der Waals surface area contributed by atoms with Crippen molar-refractivity contribution in [3.8, 4) is 0 Å². The zero-order valence-corrected chi connectivity index (χ0v) is 14.7. The quantitative estimate of drug-likeness (QED) is 0.746. The van der Waals surface area contributed by atoms with Crippen molar-refractivity contribution in [1.82, 2.24) is 14.5 Å². The molecule has 2 aromatic heterocycles. The van der Waals surface area contributed by atoms with E-state index >= 15 is 0 Å². The van der Waals surface area contributed by atoms with Crippen LogP contribution in [0.3, 0.4) is 0 Å². The van der Waals surface area contributed by atoms with Crippen LogP contribution in [0.4, 0.5) is 0 Å². The number of thiophene rings is 1. The highest BCUT2D eigenvalue weighted by atomic mass is 32.1. The monoisotopic (exact) mass is 343 g/mol. The van der Waals surface area contributed by atoms with Crippen LogP contribution in [0.15, 0.2) is 40.5 Å². The highest BCUT2D eigenvalue weighted by Gasteiger charge is 2.08. The van der Waals surface area contributed by atoms with E-state index in [2.05, 4.69) is 11.4 Å². The lowest BCUT2D eigenvalue weighted by Crippen LogP contribution is -2.25. The van der Waals surface area contributed by atoms with Crippen LogP contribution in [-0.4, -0.2) is 21.6 Å². The molecule has 24 heavy (non-hydrogen) atoms. The summed E-state index contributed by atoms with van der Waals surface area (Å²) in [5.74, 6) is 0.0802. The lowest BCUT2D eigenvalue weighted by Gasteiger charge is -2.06. The van der Waals surface area contributed by atoms with Crippen molar-refractivity contribution >= 4 is 28.3 Å². The van der Waals surface area contributed by atoms with Crippen LogP contribution in [0.2, 0.25) is 0 Å². The minimum Gasteiger partial charge on any atom is -0.356 e. The Bertz CT molecular complexity index is 906. The van der Waals surface area contributed by atoms with E-state index in [-0.39, 0.29) is 11.6 Å². The Morgan fingerprint density at radius 2 is 1.92 bits per heavy atom. The van der Waals surface area contributed by atoms with E-state index in [1.54, 1.807) is 34.6 Å². The Kier molecular flexibility index (Phi) is 4.85. The molecule has 0 aliphatic rings. The number of imidazole rings is 1. The van der Waals surface area contributed by atoms with Gasteiger partial charge in [-0.2, -0.15) is 0 Å². The summed E-state index contributed by atoms with van der Waals surface area (Å²) in [6.07, 6.45) is 2.07. The number of fused-ring (bicyclic) bond motifs is 1. The topological polar surface area (TPSA) is 56.0 Å². The first kappa shape index (κ1) is 16.5. The van der Waals surface area contributed by atoms with Gasteiger partial charge in [-0.25, -0.2) is 4.79 Å². The Balaban J connectivity index is 1.55. The third-order valence-electron chi connectivity index (χ3n) is 4.25. The van der Waals surface area contributed by atoms with Crippen molar-refractivity contribution in [1.29, 1.82) is 0 Å². The molecule has 0 radical (unpaired) electrons. The second-order valence-corrected chi connectivity index (χ2v) is 6.94. The Labute approximate surface area is 144 Å². The van der Waals surface area contributed by atoms with Crippen LogP contribution >= 0.6 is 11.3 Å². The fourth-order valence-corrected chi connectivity index (χ4v) is 3.54. The number of carbonyl (C=O) groups is 1. The van der Waals surface area contributed by atoms with Gasteiger partial charge in [0.2, 0.25) is 5.91 Å². The van der Waals surface area contributed by atoms with Gasteiger partial charge < -0.3 is 5.32 Å². The van der Waals surface area contributed by atoms with Crippen LogP contribution in [0.1, 0.15) is 16.9 Å². The molecule has 0 unspecified atom stereocenters. The summed E-state index contributed by atoms with van der Waals surface area (Å²) in [5, 5.41) is 4.99. The van der Waals surface area contributed by atoms with Crippen molar-refractivity contribution in [2.24, 2.45) is 14.1 Å². The molecular formula is C18H21N3O2S. The maximum absolute atomic E-state index is 11.9. The molecule has 3 rings (SSSR count). The number of nitrogens with one attached hydrogen (secondary N) is 1. The summed E-state index contributed by atoms with van der Waals surface area (Å²) in [6.45, 7) is 0.607. The number of hydrogen-bond donors (Lipinski definition) is 1. The van der Waals surface area contributed by atoms with Crippen LogP contribution < -0.4 is 11.0 Å². The highest BCUT2D eigenvalue weighted by Crippen LogP contribution is 2.14. The molecule has 0 saturated heterocycles. The first-order valence-corrected chi connectivity index (χ1v) is 8.87. The largest absolute Gasteiger partial charge is 0.356 e. The highest BCUT2D eigenvalue weighted by molar-refractivity contribution is 7.09. The van der Waals surface area contributed by atoms with Gasteiger partial charge in [-0.3, -0.25) is 13.9 Å². The molecule has 0 atom stereocenters. The van der Waals surface area contributed by atoms with E-state index < -0.39 is 0 Å². The van der Waals surface area contributed by atoms with Gasteiger partial charge in [0.05, 0.1) is 11.0 Å². The second-order valence-electron chi connectivity index (χ2n) is 5.90. The third-order valence-corrected chi connectivity index (χ3v) is 5.19. The fraction of sp³-hybridized carbons (Fsp3) is 0.333. The normalized spacial score (nSPS) is 11.1. The standard InChI is InChI=1S/C18H21N3O2S/c1-20-15-7-5-13(12-16(15)21(2)18(20)23)9-10-19-17(22)8-6-14-4-3-11-24-14/h3-5,7,11-12H,6,8-10H2,1-2H3,(H,19,22). The molecule has 1 N–H and O–H groups in total. The first-order chi connectivity index (χ1) is 11.6. The Morgan fingerprint density at radius 3 is 2.67 bits per heavy atom. The minimum atomic E-state index is -0.0240. The van der Waals surface area contributed by atoms with Crippen LogP contribution in [0.5, 0.6) is 0 Å². The van der Waals surface area contributed by atoms with Crippen molar-refractivity contribution in [2.45, 2.75) is 19.3 Å². The Morgan fingerprint density at radius 1 is 1.12 bits per heavy atom. The zero-order valence-electron chi connectivity index (χ0n) is 13.9. The molecule has 0 saturated carbocycles. The molecule has 0 aliphatic heterocycles. The number of amides is 1. The van der Waals surface area contributed by atoms with E-state index in [0.29, 0.717) is 13.0 Å². The molecular weight excluding hydrogens is 322 g/mol. The SMILES string of the molecule is Cn1c(=O)n(C)c2cc(CCNC(=O)CCc3cccs3)ccc21. The average Bonchev–Trinajstić information content (AvgIpc) is 3.17. The molecule has 0 bridgehead atoms.